The molecule has 4 aromatic rings. The molecule has 0 saturated carbocycles. The number of carbonyl (C=O) groups is 1. The van der Waals surface area contributed by atoms with E-state index in [0.29, 0.717) is 46.7 Å². The second-order valence-electron chi connectivity index (χ2n) is 7.75. The van der Waals surface area contributed by atoms with E-state index in [1.165, 1.54) is 12.1 Å². The fourth-order valence-electron chi connectivity index (χ4n) is 4.20. The van der Waals surface area contributed by atoms with Gasteiger partial charge in [0.05, 0.1) is 16.9 Å². The van der Waals surface area contributed by atoms with Gasteiger partial charge in [-0.1, -0.05) is 23.7 Å². The lowest BCUT2D eigenvalue weighted by Crippen LogP contribution is -2.32. The molecule has 1 fully saturated rings. The second kappa shape index (κ2) is 7.81. The minimum Gasteiger partial charge on any atom is -0.443 e. The first kappa shape index (κ1) is 19.8. The molecule has 31 heavy (non-hydrogen) atoms. The number of aromatic nitrogens is 3. The molecule has 0 radical (unpaired) electrons. The highest BCUT2D eigenvalue weighted by molar-refractivity contribution is 6.30. The molecule has 1 saturated heterocycles. The number of carbonyl (C=O) groups excluding carboxylic acids is 1. The summed E-state index contributed by atoms with van der Waals surface area (Å²) in [5.41, 5.74) is 2.63. The maximum Gasteiger partial charge on any atom is 0.273 e. The zero-order chi connectivity index (χ0) is 21.5. The summed E-state index contributed by atoms with van der Waals surface area (Å²) in [5, 5.41) is 0.534. The van der Waals surface area contributed by atoms with Crippen LogP contribution in [0, 0.1) is 12.7 Å². The van der Waals surface area contributed by atoms with Crippen molar-refractivity contribution < 1.29 is 13.6 Å². The number of rotatable bonds is 4. The lowest BCUT2D eigenvalue weighted by molar-refractivity contribution is 0.0706. The Balaban J connectivity index is 1.42. The van der Waals surface area contributed by atoms with E-state index in [4.69, 9.17) is 16.0 Å². The molecule has 0 aliphatic carbocycles. The van der Waals surface area contributed by atoms with Gasteiger partial charge in [-0.15, -0.1) is 0 Å². The van der Waals surface area contributed by atoms with Crippen LogP contribution < -0.4 is 0 Å². The first-order valence-corrected chi connectivity index (χ1v) is 10.5. The lowest BCUT2D eigenvalue weighted by atomic mass is 10.1. The Hall–Kier alpha value is -3.19. The van der Waals surface area contributed by atoms with Crippen molar-refractivity contribution in [2.24, 2.45) is 0 Å². The van der Waals surface area contributed by atoms with Gasteiger partial charge in [-0.05, 0) is 49.6 Å². The summed E-state index contributed by atoms with van der Waals surface area (Å²) < 4.78 is 21.2. The van der Waals surface area contributed by atoms with Gasteiger partial charge in [-0.25, -0.2) is 14.4 Å². The van der Waals surface area contributed by atoms with Crippen LogP contribution in [0.2, 0.25) is 5.02 Å². The molecule has 6 nitrogen and oxygen atoms in total. The van der Waals surface area contributed by atoms with Crippen LogP contribution in [-0.4, -0.2) is 31.7 Å². The molecule has 8 heteroatoms. The van der Waals surface area contributed by atoms with Gasteiger partial charge in [0.15, 0.2) is 0 Å². The summed E-state index contributed by atoms with van der Waals surface area (Å²) in [4.78, 5) is 24.2. The van der Waals surface area contributed by atoms with Gasteiger partial charge >= 0.3 is 0 Å². The first-order chi connectivity index (χ1) is 15.0. The van der Waals surface area contributed by atoms with E-state index in [1.54, 1.807) is 39.9 Å². The third kappa shape index (κ3) is 3.70. The van der Waals surface area contributed by atoms with Gasteiger partial charge in [-0.3, -0.25) is 9.20 Å². The van der Waals surface area contributed by atoms with E-state index in [2.05, 4.69) is 9.97 Å². The van der Waals surface area contributed by atoms with Gasteiger partial charge in [0.2, 0.25) is 5.89 Å². The van der Waals surface area contributed by atoms with Gasteiger partial charge in [0, 0.05) is 19.2 Å². The average Bonchev–Trinajstić information content (AvgIpc) is 3.45. The topological polar surface area (TPSA) is 63.6 Å². The van der Waals surface area contributed by atoms with Crippen LogP contribution in [0.3, 0.4) is 0 Å². The molecule has 1 aromatic carbocycles. The van der Waals surface area contributed by atoms with Crippen LogP contribution in [0.4, 0.5) is 4.39 Å². The van der Waals surface area contributed by atoms with Crippen molar-refractivity contribution >= 4 is 23.2 Å². The third-order valence-electron chi connectivity index (χ3n) is 5.60. The van der Waals surface area contributed by atoms with Crippen LogP contribution in [0.5, 0.6) is 0 Å². The number of halogens is 2. The summed E-state index contributed by atoms with van der Waals surface area (Å²) in [7, 11) is 0. The van der Waals surface area contributed by atoms with Crippen LogP contribution in [-0.2, 0) is 6.42 Å². The highest BCUT2D eigenvalue weighted by Crippen LogP contribution is 2.34. The molecular weight excluding hydrogens is 419 g/mol. The van der Waals surface area contributed by atoms with E-state index in [9.17, 15) is 9.18 Å². The van der Waals surface area contributed by atoms with E-state index in [1.807, 2.05) is 13.0 Å². The van der Waals surface area contributed by atoms with Crippen LogP contribution in [0.1, 0.15) is 52.3 Å². The quantitative estimate of drug-likeness (QED) is 0.450. The summed E-state index contributed by atoms with van der Waals surface area (Å²) in [6.45, 7) is 2.43. The number of hydrogen-bond donors (Lipinski definition) is 0. The van der Waals surface area contributed by atoms with Crippen molar-refractivity contribution in [2.45, 2.75) is 32.2 Å². The van der Waals surface area contributed by atoms with Crippen molar-refractivity contribution in [1.29, 1.82) is 0 Å². The smallest absolute Gasteiger partial charge is 0.273 e. The Labute approximate surface area is 183 Å². The standard InChI is InChI=1S/C23H20ClFN4O2/c1-14-21(29-13-16(24)7-8-20(29)27-14)23(30)28-9-3-6-19(28)22-26-12-18(31-22)11-15-4-2-5-17(25)10-15/h2,4-5,7-8,10,12-13,19H,3,6,9,11H2,1H3/t19-/m0/s1. The van der Waals surface area contributed by atoms with Crippen LogP contribution in [0.25, 0.3) is 5.65 Å². The molecule has 1 atom stereocenters. The zero-order valence-corrected chi connectivity index (χ0v) is 17.6. The van der Waals surface area contributed by atoms with Crippen molar-refractivity contribution in [3.8, 4) is 0 Å². The molecule has 0 spiro atoms. The number of aryl methyl sites for hydroxylation is 1. The zero-order valence-electron chi connectivity index (χ0n) is 16.9. The van der Waals surface area contributed by atoms with E-state index in [-0.39, 0.29) is 17.8 Å². The predicted molar refractivity (Wildman–Crippen MR) is 114 cm³/mol. The molecule has 1 aliphatic heterocycles. The second-order valence-corrected chi connectivity index (χ2v) is 8.19. The molecule has 4 heterocycles. The van der Waals surface area contributed by atoms with Crippen LogP contribution >= 0.6 is 11.6 Å². The highest BCUT2D eigenvalue weighted by Gasteiger charge is 2.35. The Morgan fingerprint density at radius 3 is 3.03 bits per heavy atom. The SMILES string of the molecule is Cc1nc2ccc(Cl)cn2c1C(=O)N1CCC[C@H]1c1ncc(Cc2cccc(F)c2)o1. The molecular formula is C23H20ClFN4O2. The summed E-state index contributed by atoms with van der Waals surface area (Å²) in [6.07, 6.45) is 5.42. The largest absolute Gasteiger partial charge is 0.443 e. The van der Waals surface area contributed by atoms with Crippen molar-refractivity contribution in [3.05, 3.63) is 88.2 Å². The third-order valence-corrected chi connectivity index (χ3v) is 5.82. The molecule has 0 N–H and O–H groups in total. The molecule has 1 aliphatic rings. The number of benzene rings is 1. The predicted octanol–water partition coefficient (Wildman–Crippen LogP) is 4.99. The number of imidazole rings is 1. The molecule has 5 rings (SSSR count). The number of pyridine rings is 1. The monoisotopic (exact) mass is 438 g/mol. The Kier molecular flexibility index (Phi) is 4.98. The van der Waals surface area contributed by atoms with Crippen molar-refractivity contribution in [1.82, 2.24) is 19.3 Å². The van der Waals surface area contributed by atoms with Gasteiger partial charge in [0.1, 0.15) is 29.0 Å². The Morgan fingerprint density at radius 1 is 1.32 bits per heavy atom. The minimum atomic E-state index is -0.284. The van der Waals surface area contributed by atoms with Crippen molar-refractivity contribution in [2.75, 3.05) is 6.54 Å². The van der Waals surface area contributed by atoms with Gasteiger partial charge in [-0.2, -0.15) is 0 Å². The molecule has 0 unspecified atom stereocenters. The molecule has 3 aromatic heterocycles. The summed E-state index contributed by atoms with van der Waals surface area (Å²) in [5.74, 6) is 0.729. The molecule has 1 amide bonds. The number of amides is 1. The maximum absolute atomic E-state index is 13.5. The Morgan fingerprint density at radius 2 is 2.19 bits per heavy atom. The van der Waals surface area contributed by atoms with Crippen LogP contribution in [0.15, 0.2) is 53.2 Å². The fourth-order valence-corrected chi connectivity index (χ4v) is 4.36. The van der Waals surface area contributed by atoms with E-state index in [0.717, 1.165) is 18.4 Å². The van der Waals surface area contributed by atoms with Crippen molar-refractivity contribution in [3.63, 3.8) is 0 Å². The number of hydrogen-bond acceptors (Lipinski definition) is 4. The Bertz CT molecular complexity index is 1280. The maximum atomic E-state index is 13.5. The average molecular weight is 439 g/mol. The van der Waals surface area contributed by atoms with Gasteiger partial charge in [0.25, 0.3) is 5.91 Å². The first-order valence-electron chi connectivity index (χ1n) is 10.1. The fraction of sp³-hybridized carbons (Fsp3) is 0.261. The summed E-state index contributed by atoms with van der Waals surface area (Å²) >= 11 is 6.15. The molecule has 0 bridgehead atoms. The number of oxazole rings is 1. The highest BCUT2D eigenvalue weighted by atomic mass is 35.5. The lowest BCUT2D eigenvalue weighted by Gasteiger charge is -2.22. The van der Waals surface area contributed by atoms with E-state index < -0.39 is 0 Å². The number of nitrogens with zero attached hydrogens (tertiary/aromatic N) is 4. The number of fused-ring (bicyclic) bond motifs is 1. The normalized spacial score (nSPS) is 16.4. The van der Waals surface area contributed by atoms with E-state index >= 15 is 0 Å². The summed E-state index contributed by atoms with van der Waals surface area (Å²) in [6, 6.07) is 9.69. The molecule has 158 valence electrons. The van der Waals surface area contributed by atoms with Gasteiger partial charge < -0.3 is 9.32 Å². The minimum absolute atomic E-state index is 0.125. The number of likely N-dealkylation sites (tertiary alicyclic amines) is 1.